The molecular weight excluding hydrogens is 490 g/mol. The maximum absolute atomic E-state index is 12.2. The van der Waals surface area contributed by atoms with E-state index in [1.54, 1.807) is 27.3 Å². The van der Waals surface area contributed by atoms with Crippen LogP contribution in [0.4, 0.5) is 0 Å². The highest BCUT2D eigenvalue weighted by atomic mass is 79.9. The zero-order valence-electron chi connectivity index (χ0n) is 16.6. The smallest absolute Gasteiger partial charge is 0.265 e. The van der Waals surface area contributed by atoms with Gasteiger partial charge in [-0.1, -0.05) is 24.0 Å². The van der Waals surface area contributed by atoms with Gasteiger partial charge < -0.3 is 18.9 Å². The standard InChI is InChI=1S/C21H20BrNO5S2/c1-23-20(24)18(30-21(23)29)12-13-10-16(22)19(17(11-13)26-3)28-9-8-27-15-6-4-14(25-2)5-7-15/h4-7,10-12H,8-9H2,1-3H3/b18-12+. The van der Waals surface area contributed by atoms with Crippen LogP contribution in [0.5, 0.6) is 23.0 Å². The van der Waals surface area contributed by atoms with Crippen molar-refractivity contribution < 1.29 is 23.7 Å². The van der Waals surface area contributed by atoms with Crippen LogP contribution >= 0.6 is 39.9 Å². The number of carbonyl (C=O) groups is 1. The van der Waals surface area contributed by atoms with Crippen LogP contribution in [0.1, 0.15) is 5.56 Å². The molecule has 1 amide bonds. The van der Waals surface area contributed by atoms with Gasteiger partial charge in [0.2, 0.25) is 0 Å². The molecule has 0 aliphatic carbocycles. The zero-order chi connectivity index (χ0) is 21.7. The molecule has 0 aromatic heterocycles. The zero-order valence-corrected chi connectivity index (χ0v) is 19.9. The highest BCUT2D eigenvalue weighted by Gasteiger charge is 2.28. The Kier molecular flexibility index (Phi) is 7.63. The van der Waals surface area contributed by atoms with Crippen molar-refractivity contribution >= 4 is 56.2 Å². The summed E-state index contributed by atoms with van der Waals surface area (Å²) in [6, 6.07) is 11.0. The van der Waals surface area contributed by atoms with Gasteiger partial charge in [-0.25, -0.2) is 0 Å². The third-order valence-corrected chi connectivity index (χ3v) is 6.27. The molecule has 6 nitrogen and oxygen atoms in total. The van der Waals surface area contributed by atoms with E-state index in [2.05, 4.69) is 15.9 Å². The first-order chi connectivity index (χ1) is 14.4. The quantitative estimate of drug-likeness (QED) is 0.289. The molecule has 0 spiro atoms. The Labute approximate surface area is 193 Å². The molecular formula is C21H20BrNO5S2. The van der Waals surface area contributed by atoms with E-state index < -0.39 is 0 Å². The Morgan fingerprint density at radius 1 is 1.07 bits per heavy atom. The van der Waals surface area contributed by atoms with Gasteiger partial charge >= 0.3 is 0 Å². The Bertz CT molecular complexity index is 978. The van der Waals surface area contributed by atoms with E-state index in [4.69, 9.17) is 31.2 Å². The van der Waals surface area contributed by atoms with Gasteiger partial charge in [0.1, 0.15) is 29.0 Å². The Morgan fingerprint density at radius 3 is 2.33 bits per heavy atom. The molecule has 2 aromatic rings. The van der Waals surface area contributed by atoms with E-state index in [-0.39, 0.29) is 5.91 Å². The molecule has 0 N–H and O–H groups in total. The van der Waals surface area contributed by atoms with Crippen LogP contribution in [0.15, 0.2) is 45.8 Å². The number of benzene rings is 2. The van der Waals surface area contributed by atoms with Crippen LogP contribution in [0.25, 0.3) is 6.08 Å². The van der Waals surface area contributed by atoms with Crippen LogP contribution in [-0.4, -0.2) is 49.6 Å². The van der Waals surface area contributed by atoms with Gasteiger partial charge in [-0.2, -0.15) is 0 Å². The molecule has 1 saturated heterocycles. The van der Waals surface area contributed by atoms with Crippen molar-refractivity contribution in [1.29, 1.82) is 0 Å². The summed E-state index contributed by atoms with van der Waals surface area (Å²) >= 11 is 9.97. The topological polar surface area (TPSA) is 57.2 Å². The van der Waals surface area contributed by atoms with Gasteiger partial charge in [0, 0.05) is 7.05 Å². The van der Waals surface area contributed by atoms with Crippen molar-refractivity contribution in [1.82, 2.24) is 4.90 Å². The predicted molar refractivity (Wildman–Crippen MR) is 126 cm³/mol. The molecule has 1 aliphatic heterocycles. The van der Waals surface area contributed by atoms with Crippen molar-refractivity contribution in [2.75, 3.05) is 34.5 Å². The molecule has 0 bridgehead atoms. The number of hydrogen-bond acceptors (Lipinski definition) is 7. The number of thiocarbonyl (C=S) groups is 1. The molecule has 0 unspecified atom stereocenters. The summed E-state index contributed by atoms with van der Waals surface area (Å²) in [7, 11) is 4.85. The van der Waals surface area contributed by atoms with Crippen molar-refractivity contribution in [2.45, 2.75) is 0 Å². The summed E-state index contributed by atoms with van der Waals surface area (Å²) < 4.78 is 23.4. The summed E-state index contributed by atoms with van der Waals surface area (Å²) in [5, 5.41) is 0. The lowest BCUT2D eigenvalue weighted by Crippen LogP contribution is -2.22. The molecule has 1 aliphatic rings. The highest BCUT2D eigenvalue weighted by molar-refractivity contribution is 9.10. The van der Waals surface area contributed by atoms with Gasteiger partial charge in [0.25, 0.3) is 5.91 Å². The average molecular weight is 510 g/mol. The van der Waals surface area contributed by atoms with E-state index >= 15 is 0 Å². The van der Waals surface area contributed by atoms with Crippen LogP contribution in [0.2, 0.25) is 0 Å². The minimum absolute atomic E-state index is 0.115. The molecule has 0 atom stereocenters. The van der Waals surface area contributed by atoms with E-state index in [0.29, 0.717) is 38.4 Å². The molecule has 158 valence electrons. The third kappa shape index (κ3) is 5.27. The number of amides is 1. The largest absolute Gasteiger partial charge is 0.497 e. The number of ether oxygens (including phenoxy) is 4. The van der Waals surface area contributed by atoms with Crippen LogP contribution in [0, 0.1) is 0 Å². The number of thioether (sulfide) groups is 1. The second kappa shape index (κ2) is 10.2. The molecule has 3 rings (SSSR count). The van der Waals surface area contributed by atoms with Crippen LogP contribution in [0.3, 0.4) is 0 Å². The predicted octanol–water partition coefficient (Wildman–Crippen LogP) is 4.76. The highest BCUT2D eigenvalue weighted by Crippen LogP contribution is 2.39. The van der Waals surface area contributed by atoms with E-state index in [1.165, 1.54) is 16.7 Å². The monoisotopic (exact) mass is 509 g/mol. The Morgan fingerprint density at radius 2 is 1.73 bits per heavy atom. The van der Waals surface area contributed by atoms with Crippen molar-refractivity contribution in [3.63, 3.8) is 0 Å². The van der Waals surface area contributed by atoms with Crippen molar-refractivity contribution in [2.24, 2.45) is 0 Å². The maximum Gasteiger partial charge on any atom is 0.265 e. The van der Waals surface area contributed by atoms with Crippen molar-refractivity contribution in [3.05, 3.63) is 51.3 Å². The summed E-state index contributed by atoms with van der Waals surface area (Å²) in [5.74, 6) is 2.50. The second-order valence-corrected chi connectivity index (χ2v) is 8.68. The fourth-order valence-electron chi connectivity index (χ4n) is 2.64. The lowest BCUT2D eigenvalue weighted by atomic mass is 10.2. The summed E-state index contributed by atoms with van der Waals surface area (Å²) in [4.78, 5) is 14.2. The third-order valence-electron chi connectivity index (χ3n) is 4.19. The molecule has 0 saturated carbocycles. The summed E-state index contributed by atoms with van der Waals surface area (Å²) in [5.41, 5.74) is 0.800. The minimum Gasteiger partial charge on any atom is -0.497 e. The molecule has 9 heteroatoms. The Hall–Kier alpha value is -2.23. The Balaban J connectivity index is 1.65. The van der Waals surface area contributed by atoms with Gasteiger partial charge in [0.05, 0.1) is 23.6 Å². The number of nitrogens with zero attached hydrogens (tertiary/aromatic N) is 1. The lowest BCUT2D eigenvalue weighted by Gasteiger charge is -2.14. The van der Waals surface area contributed by atoms with Gasteiger partial charge in [-0.15, -0.1) is 0 Å². The lowest BCUT2D eigenvalue weighted by molar-refractivity contribution is -0.121. The van der Waals surface area contributed by atoms with Gasteiger partial charge in [-0.05, 0) is 64.0 Å². The number of methoxy groups -OCH3 is 2. The number of halogens is 1. The fourth-order valence-corrected chi connectivity index (χ4v) is 4.39. The van der Waals surface area contributed by atoms with Gasteiger partial charge in [0.15, 0.2) is 11.5 Å². The summed E-state index contributed by atoms with van der Waals surface area (Å²) in [6.45, 7) is 0.692. The van der Waals surface area contributed by atoms with Gasteiger partial charge in [-0.3, -0.25) is 9.69 Å². The normalized spacial score (nSPS) is 14.9. The first-order valence-corrected chi connectivity index (χ1v) is 10.9. The molecule has 2 aromatic carbocycles. The summed E-state index contributed by atoms with van der Waals surface area (Å²) in [6.07, 6.45) is 1.78. The first kappa shape index (κ1) is 22.5. The molecule has 0 radical (unpaired) electrons. The first-order valence-electron chi connectivity index (χ1n) is 8.91. The van der Waals surface area contributed by atoms with Crippen LogP contribution < -0.4 is 18.9 Å². The number of hydrogen-bond donors (Lipinski definition) is 0. The molecule has 1 heterocycles. The number of carbonyl (C=O) groups excluding carboxylic acids is 1. The maximum atomic E-state index is 12.2. The molecule has 30 heavy (non-hydrogen) atoms. The number of likely N-dealkylation sites (N-methyl/N-ethyl adjacent to an activating group) is 1. The second-order valence-electron chi connectivity index (χ2n) is 6.15. The average Bonchev–Trinajstić information content (AvgIpc) is 2.98. The van der Waals surface area contributed by atoms with E-state index in [9.17, 15) is 4.79 Å². The number of rotatable bonds is 8. The van der Waals surface area contributed by atoms with E-state index in [0.717, 1.165) is 17.1 Å². The minimum atomic E-state index is -0.115. The van der Waals surface area contributed by atoms with E-state index in [1.807, 2.05) is 36.4 Å². The molecule has 1 fully saturated rings. The van der Waals surface area contributed by atoms with Crippen LogP contribution in [-0.2, 0) is 4.79 Å². The SMILES string of the molecule is COc1ccc(OCCOc2c(Br)cc(/C=C3/SC(=S)N(C)C3=O)cc2OC)cc1. The van der Waals surface area contributed by atoms with Crippen molar-refractivity contribution in [3.8, 4) is 23.0 Å². The fraction of sp³-hybridized carbons (Fsp3) is 0.238.